The van der Waals surface area contributed by atoms with Crippen LogP contribution in [0.1, 0.15) is 55.5 Å². The maximum Gasteiger partial charge on any atom is 0.222 e. The predicted molar refractivity (Wildman–Crippen MR) is 123 cm³/mol. The van der Waals surface area contributed by atoms with Gasteiger partial charge >= 0.3 is 0 Å². The molecule has 31 heavy (non-hydrogen) atoms. The molecule has 3 aromatic heterocycles. The lowest BCUT2D eigenvalue weighted by atomic mass is 9.91. The SMILES string of the molecule is CCCCNc1nc(N)nc2c(C)nn(Cc3ncc(C4CCNCC4)cc3OC)c12. The van der Waals surface area contributed by atoms with Gasteiger partial charge in [-0.15, -0.1) is 0 Å². The van der Waals surface area contributed by atoms with Crippen molar-refractivity contribution in [3.8, 4) is 5.75 Å². The van der Waals surface area contributed by atoms with Crippen molar-refractivity contribution in [2.45, 2.75) is 52.0 Å². The Morgan fingerprint density at radius 3 is 2.84 bits per heavy atom. The number of unbranched alkanes of at least 4 members (excludes halogenated alkanes) is 1. The van der Waals surface area contributed by atoms with Crippen LogP contribution < -0.4 is 21.1 Å². The zero-order valence-electron chi connectivity index (χ0n) is 18.6. The fourth-order valence-corrected chi connectivity index (χ4v) is 4.17. The van der Waals surface area contributed by atoms with Gasteiger partial charge in [0, 0.05) is 12.7 Å². The number of anilines is 2. The number of nitrogen functional groups attached to an aromatic ring is 1. The fourth-order valence-electron chi connectivity index (χ4n) is 4.17. The summed E-state index contributed by atoms with van der Waals surface area (Å²) in [5.41, 5.74) is 10.4. The first-order valence-corrected chi connectivity index (χ1v) is 11.1. The molecule has 1 saturated heterocycles. The van der Waals surface area contributed by atoms with Crippen molar-refractivity contribution < 1.29 is 4.74 Å². The van der Waals surface area contributed by atoms with E-state index < -0.39 is 0 Å². The first-order valence-electron chi connectivity index (χ1n) is 11.1. The molecule has 9 heteroatoms. The number of methoxy groups -OCH3 is 1. The molecule has 0 unspecified atom stereocenters. The Morgan fingerprint density at radius 1 is 1.29 bits per heavy atom. The van der Waals surface area contributed by atoms with Crippen LogP contribution in [0.25, 0.3) is 11.0 Å². The van der Waals surface area contributed by atoms with Gasteiger partial charge < -0.3 is 21.1 Å². The normalized spacial score (nSPS) is 14.8. The largest absolute Gasteiger partial charge is 0.495 e. The number of rotatable bonds is 8. The summed E-state index contributed by atoms with van der Waals surface area (Å²) in [5, 5.41) is 11.5. The highest BCUT2D eigenvalue weighted by Crippen LogP contribution is 2.30. The number of piperidine rings is 1. The average molecular weight is 425 g/mol. The number of hydrogen-bond acceptors (Lipinski definition) is 8. The van der Waals surface area contributed by atoms with Gasteiger partial charge in [-0.3, -0.25) is 9.67 Å². The molecule has 0 aromatic carbocycles. The number of nitrogens with two attached hydrogens (primary N) is 1. The number of pyridine rings is 1. The van der Waals surface area contributed by atoms with Gasteiger partial charge in [-0.25, -0.2) is 4.98 Å². The van der Waals surface area contributed by atoms with Gasteiger partial charge in [-0.05, 0) is 56.8 Å². The Bertz CT molecular complexity index is 1040. The molecule has 4 rings (SSSR count). The minimum Gasteiger partial charge on any atom is -0.495 e. The smallest absolute Gasteiger partial charge is 0.222 e. The zero-order valence-corrected chi connectivity index (χ0v) is 18.6. The number of aromatic nitrogens is 5. The highest BCUT2D eigenvalue weighted by molar-refractivity contribution is 5.88. The van der Waals surface area contributed by atoms with E-state index in [1.807, 2.05) is 17.8 Å². The molecule has 0 spiro atoms. The van der Waals surface area contributed by atoms with Crippen molar-refractivity contribution in [3.05, 3.63) is 29.2 Å². The monoisotopic (exact) mass is 424 g/mol. The number of fused-ring (bicyclic) bond motifs is 1. The van der Waals surface area contributed by atoms with Crippen LogP contribution in [0.4, 0.5) is 11.8 Å². The number of hydrogen-bond donors (Lipinski definition) is 3. The van der Waals surface area contributed by atoms with Crippen molar-refractivity contribution in [3.63, 3.8) is 0 Å². The summed E-state index contributed by atoms with van der Waals surface area (Å²) in [7, 11) is 1.70. The minimum absolute atomic E-state index is 0.246. The van der Waals surface area contributed by atoms with Crippen LogP contribution in [0.3, 0.4) is 0 Å². The quantitative estimate of drug-likeness (QED) is 0.473. The van der Waals surface area contributed by atoms with E-state index in [2.05, 4.69) is 33.6 Å². The second kappa shape index (κ2) is 9.47. The summed E-state index contributed by atoms with van der Waals surface area (Å²) >= 11 is 0. The van der Waals surface area contributed by atoms with Gasteiger partial charge in [0.05, 0.1) is 19.3 Å². The van der Waals surface area contributed by atoms with Crippen molar-refractivity contribution in [1.29, 1.82) is 0 Å². The van der Waals surface area contributed by atoms with E-state index in [4.69, 9.17) is 20.6 Å². The Balaban J connectivity index is 1.67. The summed E-state index contributed by atoms with van der Waals surface area (Å²) in [6.07, 6.45) is 6.38. The molecule has 3 aromatic rings. The van der Waals surface area contributed by atoms with Crippen LogP contribution in [0.2, 0.25) is 0 Å². The molecule has 0 bridgehead atoms. The zero-order chi connectivity index (χ0) is 21.8. The summed E-state index contributed by atoms with van der Waals surface area (Å²) in [4.78, 5) is 13.6. The topological polar surface area (TPSA) is 116 Å². The van der Waals surface area contributed by atoms with Crippen LogP contribution in [0.15, 0.2) is 12.3 Å². The molecule has 4 heterocycles. The van der Waals surface area contributed by atoms with Gasteiger partial charge in [-0.2, -0.15) is 10.1 Å². The third-order valence-electron chi connectivity index (χ3n) is 5.88. The van der Waals surface area contributed by atoms with Gasteiger partial charge in [0.2, 0.25) is 5.95 Å². The fraction of sp³-hybridized carbons (Fsp3) is 0.545. The lowest BCUT2D eigenvalue weighted by Gasteiger charge is -2.23. The maximum atomic E-state index is 5.96. The van der Waals surface area contributed by atoms with Crippen molar-refractivity contribution in [2.75, 3.05) is 37.8 Å². The number of aryl methyl sites for hydroxylation is 1. The molecular formula is C22H32N8O. The molecule has 0 saturated carbocycles. The third kappa shape index (κ3) is 4.56. The predicted octanol–water partition coefficient (Wildman–Crippen LogP) is 2.85. The second-order valence-electron chi connectivity index (χ2n) is 8.09. The number of nitrogens with one attached hydrogen (secondary N) is 2. The molecule has 1 fully saturated rings. The highest BCUT2D eigenvalue weighted by atomic mass is 16.5. The third-order valence-corrected chi connectivity index (χ3v) is 5.88. The molecular weight excluding hydrogens is 392 g/mol. The minimum atomic E-state index is 0.246. The average Bonchev–Trinajstić information content (AvgIpc) is 3.09. The van der Waals surface area contributed by atoms with Crippen LogP contribution in [-0.4, -0.2) is 51.5 Å². The van der Waals surface area contributed by atoms with Gasteiger partial charge in [-0.1, -0.05) is 13.3 Å². The van der Waals surface area contributed by atoms with Crippen LogP contribution >= 0.6 is 0 Å². The Hall–Kier alpha value is -2.94. The van der Waals surface area contributed by atoms with Gasteiger partial charge in [0.15, 0.2) is 5.82 Å². The summed E-state index contributed by atoms with van der Waals surface area (Å²) in [6.45, 7) is 7.47. The molecule has 4 N–H and O–H groups in total. The van der Waals surface area contributed by atoms with Crippen LogP contribution in [0.5, 0.6) is 5.75 Å². The molecule has 9 nitrogen and oxygen atoms in total. The van der Waals surface area contributed by atoms with Crippen molar-refractivity contribution >= 4 is 22.8 Å². The first kappa shape index (κ1) is 21.3. The summed E-state index contributed by atoms with van der Waals surface area (Å²) in [5.74, 6) is 2.27. The standard InChI is InChI=1S/C22H32N8O/c1-4-5-8-25-21-20-19(27-22(23)28-21)14(2)29-30(20)13-17-18(31-3)11-16(12-26-17)15-6-9-24-10-7-15/h11-12,15,24H,4-10,13H2,1-3H3,(H3,23,25,27,28). The Morgan fingerprint density at radius 2 is 2.10 bits per heavy atom. The van der Waals surface area contributed by atoms with Gasteiger partial charge in [0.1, 0.15) is 22.5 Å². The van der Waals surface area contributed by atoms with E-state index in [0.29, 0.717) is 18.3 Å². The first-order chi connectivity index (χ1) is 15.1. The molecule has 0 amide bonds. The molecule has 166 valence electrons. The van der Waals surface area contributed by atoms with E-state index in [1.54, 1.807) is 7.11 Å². The summed E-state index contributed by atoms with van der Waals surface area (Å²) < 4.78 is 7.61. The molecule has 1 aliphatic rings. The molecule has 0 aliphatic carbocycles. The Labute approximate surface area is 182 Å². The number of nitrogens with zero attached hydrogens (tertiary/aromatic N) is 5. The van der Waals surface area contributed by atoms with E-state index in [-0.39, 0.29) is 5.95 Å². The van der Waals surface area contributed by atoms with E-state index >= 15 is 0 Å². The second-order valence-corrected chi connectivity index (χ2v) is 8.09. The molecule has 0 atom stereocenters. The van der Waals surface area contributed by atoms with Gasteiger partial charge in [0.25, 0.3) is 0 Å². The number of ether oxygens (including phenoxy) is 1. The Kier molecular flexibility index (Phi) is 6.50. The lowest BCUT2D eigenvalue weighted by Crippen LogP contribution is -2.26. The molecule has 0 radical (unpaired) electrons. The van der Waals surface area contributed by atoms with Crippen LogP contribution in [-0.2, 0) is 6.54 Å². The summed E-state index contributed by atoms with van der Waals surface area (Å²) in [6, 6.07) is 2.13. The highest BCUT2D eigenvalue weighted by Gasteiger charge is 2.20. The van der Waals surface area contributed by atoms with Crippen LogP contribution in [0, 0.1) is 6.92 Å². The van der Waals surface area contributed by atoms with E-state index in [0.717, 1.165) is 73.5 Å². The van der Waals surface area contributed by atoms with E-state index in [9.17, 15) is 0 Å². The van der Waals surface area contributed by atoms with E-state index in [1.165, 1.54) is 5.56 Å². The van der Waals surface area contributed by atoms with Crippen molar-refractivity contribution in [1.82, 2.24) is 30.0 Å². The molecule has 1 aliphatic heterocycles. The lowest BCUT2D eigenvalue weighted by molar-refractivity contribution is 0.400. The van der Waals surface area contributed by atoms with Crippen molar-refractivity contribution in [2.24, 2.45) is 0 Å². The maximum absolute atomic E-state index is 5.96.